The van der Waals surface area contributed by atoms with Gasteiger partial charge in [0.2, 0.25) is 11.6 Å². The van der Waals surface area contributed by atoms with Crippen LogP contribution in [-0.2, 0) is 6.18 Å². The second-order valence-corrected chi connectivity index (χ2v) is 6.58. The smallest absolute Gasteiger partial charge is 0.421 e. The van der Waals surface area contributed by atoms with Crippen molar-refractivity contribution in [3.05, 3.63) is 92.1 Å². The Morgan fingerprint density at radius 3 is 2.29 bits per heavy atom. The summed E-state index contributed by atoms with van der Waals surface area (Å²) in [5, 5.41) is 26.4. The molecule has 2 N–H and O–H groups in total. The summed E-state index contributed by atoms with van der Waals surface area (Å²) in [7, 11) is 0. The van der Waals surface area contributed by atoms with E-state index < -0.39 is 62.1 Å². The Morgan fingerprint density at radius 1 is 0.943 bits per heavy atom. The lowest BCUT2D eigenvalue weighted by Crippen LogP contribution is -2.34. The van der Waals surface area contributed by atoms with Crippen LogP contribution >= 0.6 is 0 Å². The number of rotatable bonds is 6. The molecule has 0 aliphatic carbocycles. The number of benzene rings is 2. The Balaban J connectivity index is 1.80. The van der Waals surface area contributed by atoms with E-state index in [9.17, 15) is 43.0 Å². The maximum atomic E-state index is 13.1. The average Bonchev–Trinajstić information content (AvgIpc) is 2.79. The first-order chi connectivity index (χ1) is 16.5. The van der Waals surface area contributed by atoms with E-state index in [4.69, 9.17) is 4.74 Å². The molecule has 3 amide bonds. The normalized spacial score (nSPS) is 10.8. The molecule has 12 nitrogen and oxygen atoms in total. The summed E-state index contributed by atoms with van der Waals surface area (Å²) in [6.07, 6.45) is -3.83. The number of hydrogen-bond donors (Lipinski definition) is 2. The lowest BCUT2D eigenvalue weighted by Gasteiger charge is -2.13. The van der Waals surface area contributed by atoms with Gasteiger partial charge in [-0.2, -0.15) is 13.2 Å². The van der Waals surface area contributed by atoms with Crippen molar-refractivity contribution in [1.29, 1.82) is 0 Å². The summed E-state index contributed by atoms with van der Waals surface area (Å²) < 4.78 is 44.4. The minimum absolute atomic E-state index is 0.228. The number of pyridine rings is 1. The number of carbonyl (C=O) groups excluding carboxylic acids is 2. The van der Waals surface area contributed by atoms with Crippen molar-refractivity contribution in [2.75, 3.05) is 5.32 Å². The van der Waals surface area contributed by atoms with E-state index in [-0.39, 0.29) is 5.69 Å². The fourth-order valence-corrected chi connectivity index (χ4v) is 2.77. The average molecular weight is 491 g/mol. The molecule has 0 aliphatic heterocycles. The molecule has 1 aromatic heterocycles. The third-order valence-electron chi connectivity index (χ3n) is 4.27. The Bertz CT molecular complexity index is 1330. The van der Waals surface area contributed by atoms with Crippen molar-refractivity contribution in [1.82, 2.24) is 10.3 Å². The number of urea groups is 1. The van der Waals surface area contributed by atoms with E-state index >= 15 is 0 Å². The number of nitro benzene ring substituents is 2. The Labute approximate surface area is 192 Å². The Morgan fingerprint density at radius 2 is 1.63 bits per heavy atom. The Hall–Kier alpha value is -5.08. The van der Waals surface area contributed by atoms with Gasteiger partial charge in [0.1, 0.15) is 11.1 Å². The van der Waals surface area contributed by atoms with Gasteiger partial charge >= 0.3 is 17.9 Å². The third-order valence-corrected chi connectivity index (χ3v) is 4.27. The van der Waals surface area contributed by atoms with E-state index in [1.54, 1.807) is 0 Å². The number of ether oxygens (including phenoxy) is 1. The molecule has 180 valence electrons. The molecule has 3 aromatic rings. The van der Waals surface area contributed by atoms with Crippen molar-refractivity contribution >= 4 is 29.0 Å². The molecule has 1 heterocycles. The summed E-state index contributed by atoms with van der Waals surface area (Å²) >= 11 is 0. The van der Waals surface area contributed by atoms with Crippen molar-refractivity contribution < 1.29 is 37.3 Å². The minimum Gasteiger partial charge on any atom is -0.431 e. The fourth-order valence-electron chi connectivity index (χ4n) is 2.77. The number of aromatic nitrogens is 1. The van der Waals surface area contributed by atoms with Gasteiger partial charge in [-0.25, -0.2) is 9.78 Å². The molecule has 0 radical (unpaired) electrons. The molecule has 0 atom stereocenters. The lowest BCUT2D eigenvalue weighted by molar-refractivity contribution is -0.385. The number of hydrogen-bond acceptors (Lipinski definition) is 8. The van der Waals surface area contributed by atoms with E-state index in [0.717, 1.165) is 42.6 Å². The quantitative estimate of drug-likeness (QED) is 0.370. The van der Waals surface area contributed by atoms with Gasteiger partial charge in [0.15, 0.2) is 0 Å². The monoisotopic (exact) mass is 491 g/mol. The van der Waals surface area contributed by atoms with Crippen LogP contribution in [0.25, 0.3) is 0 Å². The van der Waals surface area contributed by atoms with Gasteiger partial charge < -0.3 is 10.1 Å². The second kappa shape index (κ2) is 9.82. The van der Waals surface area contributed by atoms with Gasteiger partial charge in [-0.1, -0.05) is 12.1 Å². The first-order valence-corrected chi connectivity index (χ1v) is 9.31. The fraction of sp³-hybridized carbons (Fsp3) is 0.0500. The highest BCUT2D eigenvalue weighted by Crippen LogP contribution is 2.39. The Kier molecular flexibility index (Phi) is 6.89. The highest BCUT2D eigenvalue weighted by atomic mass is 19.4. The van der Waals surface area contributed by atoms with E-state index in [1.807, 2.05) is 5.32 Å². The predicted molar refractivity (Wildman–Crippen MR) is 112 cm³/mol. The predicted octanol–water partition coefficient (Wildman–Crippen LogP) is 4.67. The molecular weight excluding hydrogens is 479 g/mol. The molecule has 35 heavy (non-hydrogen) atoms. The van der Waals surface area contributed by atoms with E-state index in [0.29, 0.717) is 6.07 Å². The lowest BCUT2D eigenvalue weighted by atomic mass is 10.1. The SMILES string of the molecule is O=C(NC(=O)c1ccccc1[N+](=O)[O-])Nc1ccc(Oc2ncccc2C(F)(F)F)c([N+](=O)[O-])c1. The van der Waals surface area contributed by atoms with Crippen LogP contribution in [0.4, 0.5) is 35.0 Å². The summed E-state index contributed by atoms with van der Waals surface area (Å²) in [5.74, 6) is -2.63. The van der Waals surface area contributed by atoms with Crippen molar-refractivity contribution in [2.24, 2.45) is 0 Å². The number of nitrogens with zero attached hydrogens (tertiary/aromatic N) is 3. The molecular formula is C20H12F3N5O7. The molecule has 0 saturated heterocycles. The summed E-state index contributed by atoms with van der Waals surface area (Å²) in [4.78, 5) is 48.5. The van der Waals surface area contributed by atoms with Crippen LogP contribution in [0.15, 0.2) is 60.8 Å². The standard InChI is InChI=1S/C20H12F3N5O7/c21-20(22,23)13-5-3-9-24-18(13)35-16-8-7-11(10-15(16)28(33)34)25-19(30)26-17(29)12-4-1-2-6-14(12)27(31)32/h1-10H,(H2,25,26,29,30). The van der Waals surface area contributed by atoms with Gasteiger partial charge in [0.05, 0.1) is 9.85 Å². The molecule has 0 spiro atoms. The number of para-hydroxylation sites is 1. The van der Waals surface area contributed by atoms with Crippen molar-refractivity contribution in [3.63, 3.8) is 0 Å². The molecule has 0 unspecified atom stereocenters. The largest absolute Gasteiger partial charge is 0.431 e. The second-order valence-electron chi connectivity index (χ2n) is 6.58. The van der Waals surface area contributed by atoms with Gasteiger partial charge in [0, 0.05) is 24.0 Å². The number of alkyl halides is 3. The minimum atomic E-state index is -4.83. The number of nitro groups is 2. The first kappa shape index (κ1) is 24.6. The summed E-state index contributed by atoms with van der Waals surface area (Å²) in [6, 6.07) is 8.11. The van der Waals surface area contributed by atoms with Crippen LogP contribution in [0, 0.1) is 20.2 Å². The molecule has 0 aliphatic rings. The van der Waals surface area contributed by atoms with Gasteiger partial charge in [0.25, 0.3) is 11.6 Å². The molecule has 0 saturated carbocycles. The molecule has 3 rings (SSSR count). The molecule has 2 aromatic carbocycles. The number of anilines is 1. The summed E-state index contributed by atoms with van der Waals surface area (Å²) in [6.45, 7) is 0. The van der Waals surface area contributed by atoms with Crippen LogP contribution in [0.2, 0.25) is 0 Å². The number of halogens is 3. The number of amides is 3. The van der Waals surface area contributed by atoms with Crippen LogP contribution in [-0.4, -0.2) is 26.8 Å². The maximum Gasteiger partial charge on any atom is 0.421 e. The van der Waals surface area contributed by atoms with Crippen LogP contribution in [0.3, 0.4) is 0 Å². The maximum absolute atomic E-state index is 13.1. The van der Waals surface area contributed by atoms with Gasteiger partial charge in [-0.05, 0) is 30.3 Å². The first-order valence-electron chi connectivity index (χ1n) is 9.31. The molecule has 0 fully saturated rings. The highest BCUT2D eigenvalue weighted by Gasteiger charge is 2.36. The van der Waals surface area contributed by atoms with E-state index in [2.05, 4.69) is 10.3 Å². The number of carbonyl (C=O) groups is 2. The van der Waals surface area contributed by atoms with Crippen LogP contribution in [0.1, 0.15) is 15.9 Å². The van der Waals surface area contributed by atoms with Gasteiger partial charge in [-0.3, -0.25) is 30.3 Å². The van der Waals surface area contributed by atoms with Crippen molar-refractivity contribution in [3.8, 4) is 11.6 Å². The topological polar surface area (TPSA) is 167 Å². The van der Waals surface area contributed by atoms with Gasteiger partial charge in [-0.15, -0.1) is 0 Å². The zero-order valence-corrected chi connectivity index (χ0v) is 17.1. The zero-order chi connectivity index (χ0) is 25.8. The number of nitrogens with one attached hydrogen (secondary N) is 2. The highest BCUT2D eigenvalue weighted by molar-refractivity contribution is 6.09. The van der Waals surface area contributed by atoms with E-state index in [1.165, 1.54) is 12.1 Å². The zero-order valence-electron chi connectivity index (χ0n) is 17.1. The molecule has 0 bridgehead atoms. The van der Waals surface area contributed by atoms with Crippen LogP contribution in [0.5, 0.6) is 11.6 Å². The van der Waals surface area contributed by atoms with Crippen LogP contribution < -0.4 is 15.4 Å². The molecule has 15 heteroatoms. The third kappa shape index (κ3) is 5.84. The number of imide groups is 1. The summed E-state index contributed by atoms with van der Waals surface area (Å²) in [5.41, 5.74) is -3.26. The van der Waals surface area contributed by atoms with Crippen molar-refractivity contribution in [2.45, 2.75) is 6.18 Å².